The SMILES string of the molecule is C=CCSc1ncc(Cl)c(C(=O)Nc2nc3ccc(F)cc3s2)n1. The number of carbonyl (C=O) groups excluding carboxylic acids is 1. The Morgan fingerprint density at radius 2 is 2.29 bits per heavy atom. The van der Waals surface area contributed by atoms with Gasteiger partial charge in [-0.15, -0.1) is 6.58 Å². The summed E-state index contributed by atoms with van der Waals surface area (Å²) >= 11 is 8.52. The summed E-state index contributed by atoms with van der Waals surface area (Å²) in [4.78, 5) is 24.8. The summed E-state index contributed by atoms with van der Waals surface area (Å²) in [6.07, 6.45) is 3.09. The van der Waals surface area contributed by atoms with E-state index < -0.39 is 5.91 Å². The van der Waals surface area contributed by atoms with Crippen molar-refractivity contribution < 1.29 is 9.18 Å². The van der Waals surface area contributed by atoms with Crippen LogP contribution in [0.4, 0.5) is 9.52 Å². The van der Waals surface area contributed by atoms with Crippen LogP contribution in [0.15, 0.2) is 42.2 Å². The lowest BCUT2D eigenvalue weighted by molar-refractivity contribution is 0.102. The van der Waals surface area contributed by atoms with E-state index in [1.54, 1.807) is 12.1 Å². The van der Waals surface area contributed by atoms with Gasteiger partial charge in [-0.05, 0) is 18.2 Å². The van der Waals surface area contributed by atoms with Crippen molar-refractivity contribution in [3.63, 3.8) is 0 Å². The predicted octanol–water partition coefficient (Wildman–Crippen LogP) is 4.41. The normalized spacial score (nSPS) is 10.8. The zero-order valence-electron chi connectivity index (χ0n) is 12.1. The maximum atomic E-state index is 13.2. The first-order chi connectivity index (χ1) is 11.6. The van der Waals surface area contributed by atoms with Crippen molar-refractivity contribution in [1.82, 2.24) is 15.0 Å². The third-order valence-corrected chi connectivity index (χ3v) is 4.91. The van der Waals surface area contributed by atoms with E-state index in [4.69, 9.17) is 11.6 Å². The lowest BCUT2D eigenvalue weighted by atomic mass is 10.3. The van der Waals surface area contributed by atoms with Crippen LogP contribution >= 0.6 is 34.7 Å². The molecule has 9 heteroatoms. The molecule has 3 rings (SSSR count). The molecule has 0 saturated heterocycles. The number of amides is 1. The molecule has 0 aliphatic carbocycles. The second kappa shape index (κ2) is 7.25. The van der Waals surface area contributed by atoms with E-state index in [9.17, 15) is 9.18 Å². The van der Waals surface area contributed by atoms with E-state index in [1.807, 2.05) is 0 Å². The van der Waals surface area contributed by atoms with Gasteiger partial charge in [0.1, 0.15) is 5.82 Å². The Balaban J connectivity index is 1.84. The summed E-state index contributed by atoms with van der Waals surface area (Å²) in [5, 5.41) is 3.54. The van der Waals surface area contributed by atoms with Gasteiger partial charge < -0.3 is 0 Å². The number of hydrogen-bond donors (Lipinski definition) is 1. The first-order valence-corrected chi connectivity index (χ1v) is 8.88. The number of carbonyl (C=O) groups is 1. The zero-order valence-corrected chi connectivity index (χ0v) is 14.5. The number of fused-ring (bicyclic) bond motifs is 1. The molecule has 0 bridgehead atoms. The van der Waals surface area contributed by atoms with Crippen LogP contribution in [-0.4, -0.2) is 26.6 Å². The van der Waals surface area contributed by atoms with Gasteiger partial charge in [-0.25, -0.2) is 19.3 Å². The van der Waals surface area contributed by atoms with Crippen LogP contribution in [0.1, 0.15) is 10.5 Å². The fourth-order valence-corrected chi connectivity index (χ4v) is 3.43. The van der Waals surface area contributed by atoms with Gasteiger partial charge in [0.25, 0.3) is 5.91 Å². The molecule has 5 nitrogen and oxygen atoms in total. The van der Waals surface area contributed by atoms with Crippen molar-refractivity contribution >= 4 is 56.0 Å². The number of nitrogens with one attached hydrogen (secondary N) is 1. The van der Waals surface area contributed by atoms with Gasteiger partial charge >= 0.3 is 0 Å². The van der Waals surface area contributed by atoms with E-state index >= 15 is 0 Å². The highest BCUT2D eigenvalue weighted by Gasteiger charge is 2.16. The molecule has 0 saturated carbocycles. The van der Waals surface area contributed by atoms with Crippen molar-refractivity contribution in [2.75, 3.05) is 11.1 Å². The smallest absolute Gasteiger partial charge is 0.277 e. The number of thioether (sulfide) groups is 1. The summed E-state index contributed by atoms with van der Waals surface area (Å²) in [6, 6.07) is 4.24. The molecule has 0 unspecified atom stereocenters. The van der Waals surface area contributed by atoms with Gasteiger partial charge in [-0.1, -0.05) is 40.8 Å². The third kappa shape index (κ3) is 3.72. The van der Waals surface area contributed by atoms with Gasteiger partial charge in [-0.2, -0.15) is 0 Å². The maximum absolute atomic E-state index is 13.2. The molecular formula is C15H10ClFN4OS2. The molecule has 0 radical (unpaired) electrons. The van der Waals surface area contributed by atoms with Gasteiger partial charge in [0.15, 0.2) is 16.0 Å². The van der Waals surface area contributed by atoms with Crippen LogP contribution in [0, 0.1) is 5.82 Å². The predicted molar refractivity (Wildman–Crippen MR) is 95.5 cm³/mol. The Bertz CT molecular complexity index is 931. The highest BCUT2D eigenvalue weighted by molar-refractivity contribution is 7.99. The number of aromatic nitrogens is 3. The Morgan fingerprint density at radius 3 is 3.08 bits per heavy atom. The van der Waals surface area contributed by atoms with Gasteiger partial charge in [-0.3, -0.25) is 10.1 Å². The molecule has 0 spiro atoms. The molecule has 24 heavy (non-hydrogen) atoms. The molecule has 0 aliphatic rings. The Hall–Kier alpha value is -2.03. The number of hydrogen-bond acceptors (Lipinski definition) is 6. The summed E-state index contributed by atoms with van der Waals surface area (Å²) in [5.74, 6) is -0.235. The molecule has 0 fully saturated rings. The Labute approximate surface area is 150 Å². The largest absolute Gasteiger partial charge is 0.296 e. The Morgan fingerprint density at radius 1 is 1.46 bits per heavy atom. The minimum Gasteiger partial charge on any atom is -0.296 e. The first kappa shape index (κ1) is 16.8. The second-order valence-corrected chi connectivity index (χ2v) is 6.96. The second-order valence-electron chi connectivity index (χ2n) is 4.53. The average molecular weight is 381 g/mol. The number of thiazole rings is 1. The van der Waals surface area contributed by atoms with Crippen molar-refractivity contribution in [3.05, 3.63) is 53.6 Å². The molecular weight excluding hydrogens is 371 g/mol. The fourth-order valence-electron chi connectivity index (χ4n) is 1.82. The number of nitrogens with zero attached hydrogens (tertiary/aromatic N) is 3. The van der Waals surface area contributed by atoms with Crippen molar-refractivity contribution in [1.29, 1.82) is 0 Å². The highest BCUT2D eigenvalue weighted by atomic mass is 35.5. The van der Waals surface area contributed by atoms with Crippen LogP contribution < -0.4 is 5.32 Å². The minimum atomic E-state index is -0.498. The zero-order chi connectivity index (χ0) is 17.1. The van der Waals surface area contributed by atoms with Crippen LogP contribution in [0.5, 0.6) is 0 Å². The topological polar surface area (TPSA) is 67.8 Å². The molecule has 2 heterocycles. The third-order valence-electron chi connectivity index (χ3n) is 2.84. The highest BCUT2D eigenvalue weighted by Crippen LogP contribution is 2.27. The molecule has 2 aromatic heterocycles. The van der Waals surface area contributed by atoms with E-state index in [0.29, 0.717) is 26.3 Å². The van der Waals surface area contributed by atoms with Crippen molar-refractivity contribution in [2.24, 2.45) is 0 Å². The Kier molecular flexibility index (Phi) is 5.08. The number of benzene rings is 1. The molecule has 3 aromatic rings. The summed E-state index contributed by atoms with van der Waals surface area (Å²) in [7, 11) is 0. The summed E-state index contributed by atoms with van der Waals surface area (Å²) < 4.78 is 13.9. The lowest BCUT2D eigenvalue weighted by Crippen LogP contribution is -2.15. The van der Waals surface area contributed by atoms with Crippen molar-refractivity contribution in [2.45, 2.75) is 5.16 Å². The maximum Gasteiger partial charge on any atom is 0.277 e. The quantitative estimate of drug-likeness (QED) is 0.403. The van der Waals surface area contributed by atoms with Gasteiger partial charge in [0.2, 0.25) is 0 Å². The van der Waals surface area contributed by atoms with Crippen molar-refractivity contribution in [3.8, 4) is 0 Å². The average Bonchev–Trinajstić information content (AvgIpc) is 2.95. The van der Waals surface area contributed by atoms with Gasteiger partial charge in [0.05, 0.1) is 21.4 Å². The molecule has 1 amide bonds. The summed E-state index contributed by atoms with van der Waals surface area (Å²) in [5.41, 5.74) is 0.663. The molecule has 122 valence electrons. The first-order valence-electron chi connectivity index (χ1n) is 6.70. The minimum absolute atomic E-state index is 0.0589. The van der Waals surface area contributed by atoms with E-state index in [1.165, 1.54) is 41.4 Å². The van der Waals surface area contributed by atoms with E-state index in [2.05, 4.69) is 26.8 Å². The van der Waals surface area contributed by atoms with Crippen LogP contribution in [0.3, 0.4) is 0 Å². The molecule has 1 N–H and O–H groups in total. The number of anilines is 1. The lowest BCUT2D eigenvalue weighted by Gasteiger charge is -2.04. The van der Waals surface area contributed by atoms with Crippen LogP contribution in [0.25, 0.3) is 10.2 Å². The fraction of sp³-hybridized carbons (Fsp3) is 0.0667. The summed E-state index contributed by atoms with van der Waals surface area (Å²) in [6.45, 7) is 3.62. The van der Waals surface area contributed by atoms with E-state index in [0.717, 1.165) is 0 Å². The monoisotopic (exact) mass is 380 g/mol. The molecule has 1 aromatic carbocycles. The van der Waals surface area contributed by atoms with Gasteiger partial charge in [0, 0.05) is 5.75 Å². The molecule has 0 atom stereocenters. The standard InChI is InChI=1S/C15H10ClFN4OS2/c1-2-5-23-14-18-7-9(16)12(20-14)13(22)21-15-19-10-4-3-8(17)6-11(10)24-15/h2-4,6-7H,1,5H2,(H,19,21,22). The number of halogens is 2. The van der Waals surface area contributed by atoms with Crippen LogP contribution in [-0.2, 0) is 0 Å². The number of rotatable bonds is 5. The van der Waals surface area contributed by atoms with E-state index in [-0.39, 0.29) is 16.5 Å². The molecule has 0 aliphatic heterocycles. The van der Waals surface area contributed by atoms with Crippen LogP contribution in [0.2, 0.25) is 5.02 Å².